The van der Waals surface area contributed by atoms with Crippen molar-refractivity contribution >= 4 is 5.97 Å². The Morgan fingerprint density at radius 3 is 2.84 bits per heavy atom. The molecule has 1 aromatic heterocycles. The number of carboxylic acids is 1. The van der Waals surface area contributed by atoms with Gasteiger partial charge < -0.3 is 9.84 Å². The number of aromatic carboxylic acids is 1. The van der Waals surface area contributed by atoms with Gasteiger partial charge in [-0.2, -0.15) is 5.10 Å². The first-order valence-corrected chi connectivity index (χ1v) is 6.12. The molecule has 1 heterocycles. The number of hydrogen-bond acceptors (Lipinski definition) is 3. The minimum Gasteiger partial charge on any atom is -0.497 e. The Hall–Kier alpha value is -2.30. The SMILES string of the molecule is CCCc1cc(C(=O)O)nn1-c1cccc(OC)c1. The standard InChI is InChI=1S/C14H16N2O3/c1-3-5-10-9-13(14(17)18)15-16(10)11-6-4-7-12(8-11)19-2/h4,6-9H,3,5H2,1-2H3,(H,17,18). The highest BCUT2D eigenvalue weighted by Crippen LogP contribution is 2.19. The summed E-state index contributed by atoms with van der Waals surface area (Å²) in [5.74, 6) is -0.300. The summed E-state index contributed by atoms with van der Waals surface area (Å²) < 4.78 is 6.84. The number of carboxylic acid groups (broad SMARTS) is 1. The molecule has 5 heteroatoms. The maximum Gasteiger partial charge on any atom is 0.356 e. The molecule has 19 heavy (non-hydrogen) atoms. The molecule has 1 N–H and O–H groups in total. The van der Waals surface area contributed by atoms with E-state index in [0.717, 1.165) is 24.2 Å². The first-order valence-electron chi connectivity index (χ1n) is 6.12. The van der Waals surface area contributed by atoms with Gasteiger partial charge in [0.2, 0.25) is 0 Å². The van der Waals surface area contributed by atoms with Crippen molar-refractivity contribution in [3.8, 4) is 11.4 Å². The molecule has 2 rings (SSSR count). The number of carbonyl (C=O) groups is 1. The fraction of sp³-hybridized carbons (Fsp3) is 0.286. The van der Waals surface area contributed by atoms with Crippen molar-refractivity contribution in [1.82, 2.24) is 9.78 Å². The van der Waals surface area contributed by atoms with E-state index in [2.05, 4.69) is 5.10 Å². The second-order valence-electron chi connectivity index (χ2n) is 4.19. The van der Waals surface area contributed by atoms with E-state index in [1.807, 2.05) is 31.2 Å². The van der Waals surface area contributed by atoms with Gasteiger partial charge in [0.1, 0.15) is 5.75 Å². The van der Waals surface area contributed by atoms with Crippen LogP contribution in [0, 0.1) is 0 Å². The molecular formula is C14H16N2O3. The van der Waals surface area contributed by atoms with E-state index in [9.17, 15) is 4.79 Å². The van der Waals surface area contributed by atoms with Crippen LogP contribution in [-0.2, 0) is 6.42 Å². The largest absolute Gasteiger partial charge is 0.497 e. The maximum atomic E-state index is 11.0. The first-order chi connectivity index (χ1) is 9.15. The molecule has 0 spiro atoms. The lowest BCUT2D eigenvalue weighted by Crippen LogP contribution is -2.04. The van der Waals surface area contributed by atoms with Crippen LogP contribution in [0.5, 0.6) is 5.75 Å². The zero-order valence-corrected chi connectivity index (χ0v) is 11.0. The van der Waals surface area contributed by atoms with Crippen LogP contribution in [-0.4, -0.2) is 28.0 Å². The summed E-state index contributed by atoms with van der Waals surface area (Å²) in [4.78, 5) is 11.0. The van der Waals surface area contributed by atoms with Crippen LogP contribution in [0.2, 0.25) is 0 Å². The first kappa shape index (κ1) is 13.1. The molecule has 5 nitrogen and oxygen atoms in total. The van der Waals surface area contributed by atoms with Crippen molar-refractivity contribution < 1.29 is 14.6 Å². The van der Waals surface area contributed by atoms with Gasteiger partial charge in [-0.3, -0.25) is 0 Å². The van der Waals surface area contributed by atoms with Crippen LogP contribution < -0.4 is 4.74 Å². The molecule has 1 aromatic carbocycles. The minimum atomic E-state index is -1.01. The maximum absolute atomic E-state index is 11.0. The molecule has 0 fully saturated rings. The van der Waals surface area contributed by atoms with Crippen molar-refractivity contribution in [2.45, 2.75) is 19.8 Å². The highest BCUT2D eigenvalue weighted by Gasteiger charge is 2.14. The van der Waals surface area contributed by atoms with Crippen LogP contribution >= 0.6 is 0 Å². The van der Waals surface area contributed by atoms with Gasteiger partial charge in [0.05, 0.1) is 12.8 Å². The topological polar surface area (TPSA) is 64.3 Å². The van der Waals surface area contributed by atoms with Crippen molar-refractivity contribution in [2.75, 3.05) is 7.11 Å². The zero-order chi connectivity index (χ0) is 13.8. The summed E-state index contributed by atoms with van der Waals surface area (Å²) in [5.41, 5.74) is 1.75. The van der Waals surface area contributed by atoms with Gasteiger partial charge in [0, 0.05) is 11.8 Å². The molecule has 2 aromatic rings. The van der Waals surface area contributed by atoms with E-state index in [1.54, 1.807) is 17.9 Å². The highest BCUT2D eigenvalue weighted by atomic mass is 16.5. The minimum absolute atomic E-state index is 0.0614. The number of benzene rings is 1. The summed E-state index contributed by atoms with van der Waals surface area (Å²) in [6.07, 6.45) is 1.70. The normalized spacial score (nSPS) is 10.4. The summed E-state index contributed by atoms with van der Waals surface area (Å²) in [7, 11) is 1.60. The molecule has 0 amide bonds. The summed E-state index contributed by atoms with van der Waals surface area (Å²) >= 11 is 0. The molecule has 0 aliphatic carbocycles. The van der Waals surface area contributed by atoms with Crippen molar-refractivity contribution in [2.24, 2.45) is 0 Å². The van der Waals surface area contributed by atoms with Gasteiger partial charge in [-0.05, 0) is 24.6 Å². The van der Waals surface area contributed by atoms with Crippen LogP contribution in [0.1, 0.15) is 29.5 Å². The number of aromatic nitrogens is 2. The fourth-order valence-corrected chi connectivity index (χ4v) is 1.92. The van der Waals surface area contributed by atoms with E-state index < -0.39 is 5.97 Å². The lowest BCUT2D eigenvalue weighted by atomic mass is 10.2. The molecule has 0 unspecified atom stereocenters. The number of hydrogen-bond donors (Lipinski definition) is 1. The van der Waals surface area contributed by atoms with E-state index >= 15 is 0 Å². The molecule has 0 aliphatic heterocycles. The number of rotatable bonds is 5. The molecule has 0 atom stereocenters. The fourth-order valence-electron chi connectivity index (χ4n) is 1.92. The summed E-state index contributed by atoms with van der Waals surface area (Å²) in [6.45, 7) is 2.04. The zero-order valence-electron chi connectivity index (χ0n) is 11.0. The molecule has 0 aliphatic rings. The van der Waals surface area contributed by atoms with Gasteiger partial charge in [0.15, 0.2) is 5.69 Å². The van der Waals surface area contributed by atoms with Crippen molar-refractivity contribution in [1.29, 1.82) is 0 Å². The molecule has 100 valence electrons. The summed E-state index contributed by atoms with van der Waals surface area (Å²) in [6, 6.07) is 9.01. The Morgan fingerprint density at radius 1 is 1.42 bits per heavy atom. The molecule has 0 radical (unpaired) electrons. The molecular weight excluding hydrogens is 244 g/mol. The van der Waals surface area contributed by atoms with E-state index in [1.165, 1.54) is 0 Å². The Labute approximate surface area is 111 Å². The van der Waals surface area contributed by atoms with E-state index in [-0.39, 0.29) is 5.69 Å². The molecule has 0 bridgehead atoms. The predicted molar refractivity (Wildman–Crippen MR) is 71.1 cm³/mol. The predicted octanol–water partition coefficient (Wildman–Crippen LogP) is 2.53. The Kier molecular flexibility index (Phi) is 3.85. The van der Waals surface area contributed by atoms with Crippen LogP contribution in [0.3, 0.4) is 0 Å². The smallest absolute Gasteiger partial charge is 0.356 e. The quantitative estimate of drug-likeness (QED) is 0.897. The number of ether oxygens (including phenoxy) is 1. The number of aryl methyl sites for hydroxylation is 1. The van der Waals surface area contributed by atoms with Gasteiger partial charge >= 0.3 is 5.97 Å². The average molecular weight is 260 g/mol. The van der Waals surface area contributed by atoms with Gasteiger partial charge in [-0.15, -0.1) is 0 Å². The van der Waals surface area contributed by atoms with E-state index in [4.69, 9.17) is 9.84 Å². The van der Waals surface area contributed by atoms with Gasteiger partial charge in [-0.25, -0.2) is 9.48 Å². The lowest BCUT2D eigenvalue weighted by Gasteiger charge is -2.08. The number of methoxy groups -OCH3 is 1. The Morgan fingerprint density at radius 2 is 2.21 bits per heavy atom. The highest BCUT2D eigenvalue weighted by molar-refractivity contribution is 5.85. The second-order valence-corrected chi connectivity index (χ2v) is 4.19. The van der Waals surface area contributed by atoms with Crippen molar-refractivity contribution in [3.05, 3.63) is 41.7 Å². The third kappa shape index (κ3) is 2.76. The third-order valence-corrected chi connectivity index (χ3v) is 2.81. The summed E-state index contributed by atoms with van der Waals surface area (Å²) in [5, 5.41) is 13.2. The molecule has 0 saturated carbocycles. The Bertz CT molecular complexity index is 590. The Balaban J connectivity index is 2.49. The van der Waals surface area contributed by atoms with E-state index in [0.29, 0.717) is 5.75 Å². The molecule has 0 saturated heterocycles. The average Bonchev–Trinajstić information content (AvgIpc) is 2.83. The van der Waals surface area contributed by atoms with Crippen molar-refractivity contribution in [3.63, 3.8) is 0 Å². The monoisotopic (exact) mass is 260 g/mol. The van der Waals surface area contributed by atoms with Gasteiger partial charge in [-0.1, -0.05) is 19.4 Å². The second kappa shape index (κ2) is 5.56. The number of nitrogens with zero attached hydrogens (tertiary/aromatic N) is 2. The van der Waals surface area contributed by atoms with Crippen LogP contribution in [0.15, 0.2) is 30.3 Å². The third-order valence-electron chi connectivity index (χ3n) is 2.81. The lowest BCUT2D eigenvalue weighted by molar-refractivity contribution is 0.0690. The van der Waals surface area contributed by atoms with Gasteiger partial charge in [0.25, 0.3) is 0 Å². The van der Waals surface area contributed by atoms with Crippen LogP contribution in [0.25, 0.3) is 5.69 Å². The van der Waals surface area contributed by atoms with Crippen LogP contribution in [0.4, 0.5) is 0 Å².